The molecule has 2 aromatic rings. The molecule has 0 N–H and O–H groups in total. The Hall–Kier alpha value is -2.47. The minimum Gasteiger partial charge on any atom is -0.497 e. The lowest BCUT2D eigenvalue weighted by molar-refractivity contribution is 0.159. The summed E-state index contributed by atoms with van der Waals surface area (Å²) in [5, 5.41) is 0. The number of nitrogens with zero attached hydrogens (tertiary/aromatic N) is 1. The highest BCUT2D eigenvalue weighted by Crippen LogP contribution is 2.33. The molecule has 132 valence electrons. The molecule has 1 aliphatic heterocycles. The number of hydrogen-bond donors (Lipinski definition) is 0. The van der Waals surface area contributed by atoms with E-state index in [4.69, 9.17) is 9.47 Å². The smallest absolute Gasteiger partial charge is 0.264 e. The molecule has 0 aliphatic carbocycles. The van der Waals surface area contributed by atoms with E-state index < -0.39 is 15.6 Å². The van der Waals surface area contributed by atoms with E-state index in [1.54, 1.807) is 49.6 Å². The predicted octanol–water partition coefficient (Wildman–Crippen LogP) is 3.70. The topological polar surface area (TPSA) is 55.8 Å². The quantitative estimate of drug-likeness (QED) is 0.835. The van der Waals surface area contributed by atoms with E-state index in [0.717, 1.165) is 5.56 Å². The van der Waals surface area contributed by atoms with Crippen LogP contribution >= 0.6 is 0 Å². The highest BCUT2D eigenvalue weighted by Gasteiger charge is 2.26. The normalized spacial score (nSPS) is 15.2. The van der Waals surface area contributed by atoms with E-state index in [2.05, 4.69) is 0 Å². The Morgan fingerprint density at radius 3 is 2.60 bits per heavy atom. The Kier molecular flexibility index (Phi) is 4.24. The molecule has 0 spiro atoms. The number of rotatable bonds is 4. The molecule has 5 nitrogen and oxygen atoms in total. The molecule has 0 atom stereocenters. The van der Waals surface area contributed by atoms with Gasteiger partial charge in [0.1, 0.15) is 17.1 Å². The van der Waals surface area contributed by atoms with Crippen molar-refractivity contribution in [1.29, 1.82) is 0 Å². The maximum absolute atomic E-state index is 13.0. The summed E-state index contributed by atoms with van der Waals surface area (Å²) in [5.41, 5.74) is 0.884. The van der Waals surface area contributed by atoms with Crippen LogP contribution in [0, 0.1) is 0 Å². The highest BCUT2D eigenvalue weighted by molar-refractivity contribution is 7.92. The van der Waals surface area contributed by atoms with Gasteiger partial charge in [0.05, 0.1) is 17.7 Å². The fourth-order valence-corrected chi connectivity index (χ4v) is 3.84. The molecule has 0 bridgehead atoms. The second-order valence-electron chi connectivity index (χ2n) is 6.41. The molecule has 0 saturated heterocycles. The zero-order valence-corrected chi connectivity index (χ0v) is 15.5. The fraction of sp³-hybridized carbons (Fsp3) is 0.263. The Balaban J connectivity index is 1.97. The molecule has 1 aliphatic rings. The largest absolute Gasteiger partial charge is 0.497 e. The van der Waals surface area contributed by atoms with Gasteiger partial charge in [-0.3, -0.25) is 4.31 Å². The van der Waals surface area contributed by atoms with Gasteiger partial charge in [-0.25, -0.2) is 8.42 Å². The number of sulfonamides is 1. The second-order valence-corrected chi connectivity index (χ2v) is 8.38. The lowest BCUT2D eigenvalue weighted by Gasteiger charge is -2.28. The van der Waals surface area contributed by atoms with Crippen molar-refractivity contribution in [3.63, 3.8) is 0 Å². The molecule has 0 aromatic heterocycles. The van der Waals surface area contributed by atoms with Crippen molar-refractivity contribution in [3.05, 3.63) is 54.1 Å². The summed E-state index contributed by atoms with van der Waals surface area (Å²) in [5.74, 6) is 1.28. The molecule has 0 unspecified atom stereocenters. The van der Waals surface area contributed by atoms with Crippen molar-refractivity contribution < 1.29 is 17.9 Å². The van der Waals surface area contributed by atoms with E-state index in [1.165, 1.54) is 11.4 Å². The minimum atomic E-state index is -3.69. The van der Waals surface area contributed by atoms with Crippen LogP contribution in [-0.4, -0.2) is 28.2 Å². The first-order valence-corrected chi connectivity index (χ1v) is 9.32. The van der Waals surface area contributed by atoms with Crippen molar-refractivity contribution in [1.82, 2.24) is 0 Å². The minimum absolute atomic E-state index is 0.213. The number of ether oxygens (including phenoxy) is 2. The molecular formula is C19H21NO4S. The summed E-state index contributed by atoms with van der Waals surface area (Å²) >= 11 is 0. The average molecular weight is 359 g/mol. The van der Waals surface area contributed by atoms with Gasteiger partial charge in [0, 0.05) is 18.7 Å². The summed E-state index contributed by atoms with van der Waals surface area (Å²) in [6.07, 6.45) is 3.81. The van der Waals surface area contributed by atoms with Crippen LogP contribution in [-0.2, 0) is 10.0 Å². The van der Waals surface area contributed by atoms with Crippen LogP contribution in [0.2, 0.25) is 0 Å². The first-order chi connectivity index (χ1) is 11.7. The predicted molar refractivity (Wildman–Crippen MR) is 98.8 cm³/mol. The Labute approximate surface area is 148 Å². The third kappa shape index (κ3) is 3.35. The Morgan fingerprint density at radius 2 is 1.88 bits per heavy atom. The van der Waals surface area contributed by atoms with Gasteiger partial charge in [-0.15, -0.1) is 0 Å². The van der Waals surface area contributed by atoms with Crippen LogP contribution in [0.25, 0.3) is 6.08 Å². The summed E-state index contributed by atoms with van der Waals surface area (Å²) in [7, 11) is -0.618. The molecule has 3 rings (SSSR count). The van der Waals surface area contributed by atoms with Crippen LogP contribution in [0.5, 0.6) is 11.5 Å². The molecule has 0 amide bonds. The second kappa shape index (κ2) is 6.11. The van der Waals surface area contributed by atoms with Crippen molar-refractivity contribution in [2.24, 2.45) is 0 Å². The van der Waals surface area contributed by atoms with Gasteiger partial charge in [0.25, 0.3) is 10.0 Å². The summed E-state index contributed by atoms with van der Waals surface area (Å²) in [6, 6.07) is 11.8. The maximum Gasteiger partial charge on any atom is 0.264 e. The van der Waals surface area contributed by atoms with E-state index in [0.29, 0.717) is 17.2 Å². The van der Waals surface area contributed by atoms with Crippen LogP contribution < -0.4 is 13.8 Å². The first kappa shape index (κ1) is 17.4. The molecule has 25 heavy (non-hydrogen) atoms. The molecule has 0 fully saturated rings. The van der Waals surface area contributed by atoms with E-state index in [1.807, 2.05) is 26.0 Å². The molecule has 1 heterocycles. The number of hydrogen-bond acceptors (Lipinski definition) is 4. The van der Waals surface area contributed by atoms with E-state index in [9.17, 15) is 8.42 Å². The fourth-order valence-electron chi connectivity index (χ4n) is 2.62. The first-order valence-electron chi connectivity index (χ1n) is 7.88. The number of fused-ring (bicyclic) bond motifs is 1. The zero-order chi connectivity index (χ0) is 18.2. The number of methoxy groups -OCH3 is 1. The van der Waals surface area contributed by atoms with Gasteiger partial charge in [-0.1, -0.05) is 12.1 Å². The van der Waals surface area contributed by atoms with Gasteiger partial charge in [-0.2, -0.15) is 0 Å². The third-order valence-corrected chi connectivity index (χ3v) is 5.88. The van der Waals surface area contributed by atoms with E-state index in [-0.39, 0.29) is 4.90 Å². The molecule has 6 heteroatoms. The van der Waals surface area contributed by atoms with Crippen LogP contribution in [0.4, 0.5) is 5.69 Å². The number of anilines is 1. The zero-order valence-electron chi connectivity index (χ0n) is 14.7. The third-order valence-electron chi connectivity index (χ3n) is 4.09. The highest BCUT2D eigenvalue weighted by atomic mass is 32.2. The van der Waals surface area contributed by atoms with Gasteiger partial charge in [0.2, 0.25) is 0 Å². The lowest BCUT2D eigenvalue weighted by atomic mass is 10.0. The molecular weight excluding hydrogens is 338 g/mol. The summed E-state index contributed by atoms with van der Waals surface area (Å²) in [6.45, 7) is 3.90. The molecule has 0 radical (unpaired) electrons. The summed E-state index contributed by atoms with van der Waals surface area (Å²) in [4.78, 5) is 0.213. The van der Waals surface area contributed by atoms with Crippen LogP contribution in [0.1, 0.15) is 19.4 Å². The van der Waals surface area contributed by atoms with Crippen molar-refractivity contribution in [2.45, 2.75) is 24.3 Å². The van der Waals surface area contributed by atoms with Crippen molar-refractivity contribution in [3.8, 4) is 11.5 Å². The Bertz CT molecular complexity index is 932. The molecule has 0 saturated carbocycles. The standard InChI is InChI=1S/C19H21NO4S/c1-19(2)11-10-14-12-17(8-9-18(14)24-19)25(21,22)20(3)15-6-5-7-16(13-15)23-4/h5-13H,1-4H3. The van der Waals surface area contributed by atoms with Crippen LogP contribution in [0.15, 0.2) is 53.4 Å². The summed E-state index contributed by atoms with van der Waals surface area (Å²) < 4.78 is 38.2. The monoisotopic (exact) mass is 359 g/mol. The van der Waals surface area contributed by atoms with Crippen molar-refractivity contribution >= 4 is 21.8 Å². The maximum atomic E-state index is 13.0. The average Bonchev–Trinajstić information content (AvgIpc) is 2.59. The molecule has 2 aromatic carbocycles. The van der Waals surface area contributed by atoms with Crippen molar-refractivity contribution in [2.75, 3.05) is 18.5 Å². The van der Waals surface area contributed by atoms with Gasteiger partial charge >= 0.3 is 0 Å². The lowest BCUT2D eigenvalue weighted by Crippen LogP contribution is -2.28. The van der Waals surface area contributed by atoms with Gasteiger partial charge < -0.3 is 9.47 Å². The SMILES string of the molecule is COc1cccc(N(C)S(=O)(=O)c2ccc3c(c2)C=CC(C)(C)O3)c1. The van der Waals surface area contributed by atoms with Crippen LogP contribution in [0.3, 0.4) is 0 Å². The van der Waals surface area contributed by atoms with E-state index >= 15 is 0 Å². The van der Waals surface area contributed by atoms with Gasteiger partial charge in [0.15, 0.2) is 0 Å². The van der Waals surface area contributed by atoms with Gasteiger partial charge in [-0.05, 0) is 50.3 Å². The Morgan fingerprint density at radius 1 is 1.12 bits per heavy atom. The number of benzene rings is 2.